The van der Waals surface area contributed by atoms with E-state index in [1.807, 2.05) is 61.5 Å². The summed E-state index contributed by atoms with van der Waals surface area (Å²) in [6.07, 6.45) is 0.425. The Bertz CT molecular complexity index is 755. The number of nitrogens with zero attached hydrogens (tertiary/aromatic N) is 2. The van der Waals surface area contributed by atoms with Gasteiger partial charge < -0.3 is 14.5 Å². The molecule has 0 spiro atoms. The highest BCUT2D eigenvalue weighted by Crippen LogP contribution is 2.25. The topological polar surface area (TPSA) is 81.9 Å². The summed E-state index contributed by atoms with van der Waals surface area (Å²) in [7, 11) is 1.71. The van der Waals surface area contributed by atoms with Crippen LogP contribution in [-0.4, -0.2) is 41.2 Å². The van der Waals surface area contributed by atoms with Crippen LogP contribution in [0.2, 0.25) is 0 Å². The summed E-state index contributed by atoms with van der Waals surface area (Å²) in [5, 5.41) is 9.11. The summed E-state index contributed by atoms with van der Waals surface area (Å²) in [6, 6.07) is 17.7. The van der Waals surface area contributed by atoms with Crippen molar-refractivity contribution in [2.45, 2.75) is 19.4 Å². The number of carbonyl (C=O) groups excluding carboxylic acids is 1. The van der Waals surface area contributed by atoms with E-state index in [0.717, 1.165) is 28.6 Å². The first-order valence-electron chi connectivity index (χ1n) is 8.89. The minimum Gasteiger partial charge on any atom is -0.486 e. The molecule has 28 heavy (non-hydrogen) atoms. The van der Waals surface area contributed by atoms with E-state index in [4.69, 9.17) is 4.74 Å². The van der Waals surface area contributed by atoms with Gasteiger partial charge in [0.2, 0.25) is 0 Å². The number of aryl methyl sites for hydroxylation is 1. The van der Waals surface area contributed by atoms with Gasteiger partial charge in [-0.15, -0.1) is 10.1 Å². The molecule has 0 fully saturated rings. The van der Waals surface area contributed by atoms with Crippen LogP contribution in [0, 0.1) is 17.0 Å². The molecule has 0 bridgehead atoms. The fourth-order valence-electron chi connectivity index (χ4n) is 2.50. The van der Waals surface area contributed by atoms with Crippen molar-refractivity contribution in [2.24, 2.45) is 0 Å². The molecule has 2 aromatic carbocycles. The number of thioether (sulfide) groups is 1. The van der Waals surface area contributed by atoms with Gasteiger partial charge in [0.15, 0.2) is 0 Å². The zero-order valence-electron chi connectivity index (χ0n) is 15.9. The molecule has 0 heterocycles. The van der Waals surface area contributed by atoms with Gasteiger partial charge in [0.05, 0.1) is 0 Å². The summed E-state index contributed by atoms with van der Waals surface area (Å²) >= 11 is 0.996. The van der Waals surface area contributed by atoms with E-state index in [-0.39, 0.29) is 23.7 Å². The van der Waals surface area contributed by atoms with Gasteiger partial charge in [-0.05, 0) is 24.6 Å². The van der Waals surface area contributed by atoms with Gasteiger partial charge in [-0.25, -0.2) is 0 Å². The maximum absolute atomic E-state index is 12.2. The fraction of sp³-hybridized carbons (Fsp3) is 0.350. The normalized spacial score (nSPS) is 11.5. The van der Waals surface area contributed by atoms with Crippen molar-refractivity contribution in [3.05, 3.63) is 75.8 Å². The molecule has 7 nitrogen and oxygen atoms in total. The van der Waals surface area contributed by atoms with Gasteiger partial charge in [-0.1, -0.05) is 59.8 Å². The third-order valence-electron chi connectivity index (χ3n) is 4.01. The molecule has 0 saturated carbocycles. The molecule has 150 valence electrons. The van der Waals surface area contributed by atoms with Crippen molar-refractivity contribution in [3.8, 4) is 5.75 Å². The molecule has 0 aromatic heterocycles. The monoisotopic (exact) mass is 404 g/mol. The van der Waals surface area contributed by atoms with Gasteiger partial charge >= 0.3 is 0 Å². The van der Waals surface area contributed by atoms with E-state index in [2.05, 4.69) is 4.84 Å². The molecular weight excluding hydrogens is 380 g/mol. The largest absolute Gasteiger partial charge is 0.486 e. The lowest BCUT2D eigenvalue weighted by Crippen LogP contribution is -2.26. The second-order valence-electron chi connectivity index (χ2n) is 6.21. The number of hydrogen-bond acceptors (Lipinski definition) is 6. The number of benzene rings is 2. The lowest BCUT2D eigenvalue weighted by molar-refractivity contribution is -0.756. The van der Waals surface area contributed by atoms with Crippen LogP contribution in [0.15, 0.2) is 54.6 Å². The Kier molecular flexibility index (Phi) is 8.61. The Morgan fingerprint density at radius 2 is 1.86 bits per heavy atom. The van der Waals surface area contributed by atoms with Gasteiger partial charge in [0, 0.05) is 25.8 Å². The van der Waals surface area contributed by atoms with E-state index in [1.54, 1.807) is 11.9 Å². The zero-order valence-corrected chi connectivity index (χ0v) is 16.8. The molecule has 1 atom stereocenters. The summed E-state index contributed by atoms with van der Waals surface area (Å²) < 4.78 is 6.17. The van der Waals surface area contributed by atoms with Crippen LogP contribution in [-0.2, 0) is 4.84 Å². The molecule has 0 N–H and O–H groups in total. The molecule has 2 aromatic rings. The van der Waals surface area contributed by atoms with Crippen LogP contribution in [0.3, 0.4) is 0 Å². The van der Waals surface area contributed by atoms with Crippen molar-refractivity contribution in [1.82, 2.24) is 4.90 Å². The van der Waals surface area contributed by atoms with Crippen LogP contribution >= 0.6 is 11.8 Å². The Labute approximate surface area is 168 Å². The Morgan fingerprint density at radius 1 is 1.18 bits per heavy atom. The third kappa shape index (κ3) is 7.48. The summed E-state index contributed by atoms with van der Waals surface area (Å²) in [5.74, 6) is 1.01. The molecule has 0 aliphatic rings. The fourth-order valence-corrected chi connectivity index (χ4v) is 3.14. The number of rotatable bonds is 10. The van der Waals surface area contributed by atoms with Crippen LogP contribution in [0.25, 0.3) is 0 Å². The highest BCUT2D eigenvalue weighted by Gasteiger charge is 2.17. The predicted octanol–water partition coefficient (Wildman–Crippen LogP) is 4.50. The maximum Gasteiger partial charge on any atom is 0.294 e. The average molecular weight is 404 g/mol. The molecule has 2 rings (SSSR count). The highest BCUT2D eigenvalue weighted by molar-refractivity contribution is 8.13. The third-order valence-corrected chi connectivity index (χ3v) is 4.94. The standard InChI is InChI=1S/C20H24N2O5S/c1-16-8-10-18(11-9-16)27-19(17-6-4-3-5-7-17)12-13-21(2)20(23)28-15-14-26-22(24)25/h3-11,19H,12-15H2,1-2H3. The summed E-state index contributed by atoms with van der Waals surface area (Å²) in [5.41, 5.74) is 2.20. The Balaban J connectivity index is 1.91. The van der Waals surface area contributed by atoms with Crippen molar-refractivity contribution in [1.29, 1.82) is 0 Å². The van der Waals surface area contributed by atoms with Gasteiger partial charge in [0.25, 0.3) is 10.3 Å². The zero-order chi connectivity index (χ0) is 20.4. The second-order valence-corrected chi connectivity index (χ2v) is 7.26. The van der Waals surface area contributed by atoms with Gasteiger partial charge in [-0.2, -0.15) is 0 Å². The van der Waals surface area contributed by atoms with E-state index < -0.39 is 5.09 Å². The SMILES string of the molecule is Cc1ccc(OC(CCN(C)C(=O)SCCO[N+](=O)[O-])c2ccccc2)cc1. The lowest BCUT2D eigenvalue weighted by atomic mass is 10.1. The average Bonchev–Trinajstić information content (AvgIpc) is 2.70. The van der Waals surface area contributed by atoms with Crippen LogP contribution in [0.5, 0.6) is 5.75 Å². The molecule has 0 saturated heterocycles. The van der Waals surface area contributed by atoms with E-state index in [0.29, 0.717) is 13.0 Å². The minimum absolute atomic E-state index is 0.111. The Morgan fingerprint density at radius 3 is 2.50 bits per heavy atom. The molecule has 0 aliphatic carbocycles. The number of hydrogen-bond donors (Lipinski definition) is 0. The second kappa shape index (κ2) is 11.2. The van der Waals surface area contributed by atoms with Crippen molar-refractivity contribution < 1.29 is 19.5 Å². The molecule has 8 heteroatoms. The first-order valence-corrected chi connectivity index (χ1v) is 9.87. The number of amides is 1. The van der Waals surface area contributed by atoms with E-state index in [9.17, 15) is 14.9 Å². The maximum atomic E-state index is 12.2. The predicted molar refractivity (Wildman–Crippen MR) is 109 cm³/mol. The van der Waals surface area contributed by atoms with Gasteiger partial charge in [0.1, 0.15) is 18.5 Å². The summed E-state index contributed by atoms with van der Waals surface area (Å²) in [6.45, 7) is 2.40. The molecular formula is C20H24N2O5S. The first kappa shape index (κ1) is 21.6. The summed E-state index contributed by atoms with van der Waals surface area (Å²) in [4.78, 5) is 28.1. The smallest absolute Gasteiger partial charge is 0.294 e. The van der Waals surface area contributed by atoms with Crippen LogP contribution in [0.1, 0.15) is 23.7 Å². The molecule has 1 amide bonds. The van der Waals surface area contributed by atoms with E-state index in [1.165, 1.54) is 0 Å². The van der Waals surface area contributed by atoms with Crippen molar-refractivity contribution >= 4 is 17.0 Å². The quantitative estimate of drug-likeness (QED) is 0.329. The van der Waals surface area contributed by atoms with Gasteiger partial charge in [-0.3, -0.25) is 4.79 Å². The van der Waals surface area contributed by atoms with Crippen molar-refractivity contribution in [3.63, 3.8) is 0 Å². The molecule has 1 unspecified atom stereocenters. The first-order chi connectivity index (χ1) is 13.5. The van der Waals surface area contributed by atoms with Crippen LogP contribution in [0.4, 0.5) is 4.79 Å². The number of ether oxygens (including phenoxy) is 1. The lowest BCUT2D eigenvalue weighted by Gasteiger charge is -2.23. The minimum atomic E-state index is -0.860. The molecule has 0 aliphatic heterocycles. The number of carbonyl (C=O) groups is 1. The van der Waals surface area contributed by atoms with Crippen molar-refractivity contribution in [2.75, 3.05) is 26.0 Å². The van der Waals surface area contributed by atoms with E-state index >= 15 is 0 Å². The highest BCUT2D eigenvalue weighted by atomic mass is 32.2. The van der Waals surface area contributed by atoms with Crippen LogP contribution < -0.4 is 4.74 Å². The molecule has 0 radical (unpaired) electrons. The Hall–Kier alpha value is -2.74.